The molecule has 31 heavy (non-hydrogen) atoms. The fourth-order valence-electron chi connectivity index (χ4n) is 4.40. The van der Waals surface area contributed by atoms with Crippen LogP contribution in [0.2, 0.25) is 0 Å². The van der Waals surface area contributed by atoms with Crippen LogP contribution in [0.4, 0.5) is 9.18 Å². The van der Waals surface area contributed by atoms with Crippen molar-refractivity contribution in [3.05, 3.63) is 35.6 Å². The molecule has 0 saturated carbocycles. The van der Waals surface area contributed by atoms with Crippen molar-refractivity contribution in [2.24, 2.45) is 17.8 Å². The fraction of sp³-hybridized carbons (Fsp3) is 0.591. The van der Waals surface area contributed by atoms with Crippen LogP contribution in [0.5, 0.6) is 0 Å². The number of carbonyl (C=O) groups excluding carboxylic acids is 3. The maximum atomic E-state index is 13.0. The highest BCUT2D eigenvalue weighted by Crippen LogP contribution is 2.39. The van der Waals surface area contributed by atoms with Gasteiger partial charge < -0.3 is 10.2 Å². The number of amides is 4. The summed E-state index contributed by atoms with van der Waals surface area (Å²) in [5, 5.41) is 6.18. The van der Waals surface area contributed by atoms with Gasteiger partial charge in [-0.2, -0.15) is 0 Å². The smallest absolute Gasteiger partial charge is 0.327 e. The number of piperidine rings is 1. The Hall–Kier alpha value is -2.13. The maximum absolute atomic E-state index is 13.0. The number of urea groups is 1. The molecule has 1 aromatic carbocycles. The molecule has 0 aliphatic carbocycles. The van der Waals surface area contributed by atoms with Crippen LogP contribution in [0.1, 0.15) is 25.8 Å². The van der Waals surface area contributed by atoms with Gasteiger partial charge in [0.15, 0.2) is 0 Å². The number of rotatable bonds is 7. The monoisotopic (exact) mass is 450 g/mol. The van der Waals surface area contributed by atoms with Crippen LogP contribution in [0, 0.1) is 23.6 Å². The third-order valence-electron chi connectivity index (χ3n) is 5.95. The summed E-state index contributed by atoms with van der Waals surface area (Å²) in [7, 11) is 3.22. The second-order valence-electron chi connectivity index (χ2n) is 8.74. The van der Waals surface area contributed by atoms with E-state index in [1.807, 2.05) is 0 Å². The van der Waals surface area contributed by atoms with Gasteiger partial charge in [-0.05, 0) is 36.0 Å². The number of carbonyl (C=O) groups is 3. The van der Waals surface area contributed by atoms with Gasteiger partial charge >= 0.3 is 6.03 Å². The van der Waals surface area contributed by atoms with E-state index in [1.165, 1.54) is 35.8 Å². The van der Waals surface area contributed by atoms with Gasteiger partial charge in [0.05, 0.1) is 17.8 Å². The molecule has 2 N–H and O–H groups in total. The minimum Gasteiger partial charge on any atom is -0.351 e. The third kappa shape index (κ3) is 5.38. The van der Waals surface area contributed by atoms with Gasteiger partial charge in [0.25, 0.3) is 0 Å². The lowest BCUT2D eigenvalue weighted by molar-refractivity contribution is -0.139. The second kappa shape index (κ2) is 9.99. The zero-order valence-corrected chi connectivity index (χ0v) is 19.2. The Morgan fingerprint density at radius 1 is 1.26 bits per heavy atom. The van der Waals surface area contributed by atoms with Gasteiger partial charge in [0.2, 0.25) is 11.8 Å². The standard InChI is InChI=1S/C22H31FN4O3S/c1-13(2)9-15-11-25-20-18(21(29)27(4)22(30)26(20)3)19(15)31-12-17(28)24-10-14-5-7-16(23)8-6-14/h5-8,13,15,18-20,25H,9-12H2,1-4H3,(H,24,28). The molecule has 4 atom stereocenters. The Kier molecular flexibility index (Phi) is 7.59. The highest BCUT2D eigenvalue weighted by Gasteiger charge is 2.51. The Labute approximate surface area is 187 Å². The van der Waals surface area contributed by atoms with Crippen LogP contribution >= 0.6 is 11.8 Å². The lowest BCUT2D eigenvalue weighted by atomic mass is 9.81. The highest BCUT2D eigenvalue weighted by molar-refractivity contribution is 8.00. The molecular weight excluding hydrogens is 419 g/mol. The van der Waals surface area contributed by atoms with E-state index >= 15 is 0 Å². The summed E-state index contributed by atoms with van der Waals surface area (Å²) in [4.78, 5) is 40.7. The van der Waals surface area contributed by atoms with Crippen LogP contribution < -0.4 is 10.6 Å². The molecule has 2 saturated heterocycles. The van der Waals surface area contributed by atoms with Crippen LogP contribution in [-0.2, 0) is 16.1 Å². The molecule has 0 aromatic heterocycles. The van der Waals surface area contributed by atoms with Crippen molar-refractivity contribution in [2.75, 3.05) is 26.4 Å². The van der Waals surface area contributed by atoms with E-state index in [2.05, 4.69) is 24.5 Å². The molecule has 1 aromatic rings. The van der Waals surface area contributed by atoms with Crippen molar-refractivity contribution in [1.82, 2.24) is 20.4 Å². The van der Waals surface area contributed by atoms with Gasteiger partial charge in [-0.25, -0.2) is 9.18 Å². The molecule has 2 aliphatic rings. The first kappa shape index (κ1) is 23.5. The summed E-state index contributed by atoms with van der Waals surface area (Å²) >= 11 is 1.49. The zero-order chi connectivity index (χ0) is 22.7. The first-order valence-electron chi connectivity index (χ1n) is 10.6. The van der Waals surface area contributed by atoms with Crippen LogP contribution in [0.3, 0.4) is 0 Å². The Morgan fingerprint density at radius 2 is 1.94 bits per heavy atom. The van der Waals surface area contributed by atoms with Crippen molar-refractivity contribution in [3.8, 4) is 0 Å². The van der Waals surface area contributed by atoms with Crippen LogP contribution in [0.15, 0.2) is 24.3 Å². The molecule has 4 unspecified atom stereocenters. The molecule has 4 amide bonds. The molecule has 7 nitrogen and oxygen atoms in total. The highest BCUT2D eigenvalue weighted by atomic mass is 32.2. The first-order valence-corrected chi connectivity index (χ1v) is 11.6. The van der Waals surface area contributed by atoms with Gasteiger partial charge in [-0.1, -0.05) is 26.0 Å². The van der Waals surface area contributed by atoms with Crippen molar-refractivity contribution >= 4 is 29.6 Å². The Balaban J connectivity index is 1.68. The van der Waals surface area contributed by atoms with Crippen molar-refractivity contribution < 1.29 is 18.8 Å². The number of hydrogen-bond acceptors (Lipinski definition) is 5. The summed E-state index contributed by atoms with van der Waals surface area (Å²) in [5.74, 6) is -0.150. The molecular formula is C22H31FN4O3S. The number of halogens is 1. The van der Waals surface area contributed by atoms with Gasteiger partial charge in [0, 0.05) is 32.4 Å². The van der Waals surface area contributed by atoms with E-state index in [1.54, 1.807) is 24.1 Å². The summed E-state index contributed by atoms with van der Waals surface area (Å²) < 4.78 is 13.0. The van der Waals surface area contributed by atoms with E-state index in [0.29, 0.717) is 19.0 Å². The molecule has 3 rings (SSSR count). The number of fused-ring (bicyclic) bond motifs is 1. The maximum Gasteiger partial charge on any atom is 0.327 e. The van der Waals surface area contributed by atoms with Crippen molar-refractivity contribution in [1.29, 1.82) is 0 Å². The van der Waals surface area contributed by atoms with E-state index in [-0.39, 0.29) is 46.7 Å². The fourth-order valence-corrected chi connectivity index (χ4v) is 5.80. The molecule has 0 spiro atoms. The quantitative estimate of drug-likeness (QED) is 0.666. The summed E-state index contributed by atoms with van der Waals surface area (Å²) in [6.07, 6.45) is 0.569. The van der Waals surface area contributed by atoms with Gasteiger partial charge in [-0.15, -0.1) is 11.8 Å². The van der Waals surface area contributed by atoms with Crippen molar-refractivity contribution in [2.45, 2.75) is 38.2 Å². The topological polar surface area (TPSA) is 81.8 Å². The Morgan fingerprint density at radius 3 is 2.58 bits per heavy atom. The van der Waals surface area contributed by atoms with Crippen LogP contribution in [0.25, 0.3) is 0 Å². The SMILES string of the molecule is CC(C)CC1CNC2C(C(=O)N(C)C(=O)N2C)C1SCC(=O)NCc1ccc(F)cc1. The minimum atomic E-state index is -0.403. The average molecular weight is 451 g/mol. The molecule has 0 radical (unpaired) electrons. The Bertz CT molecular complexity index is 819. The van der Waals surface area contributed by atoms with Gasteiger partial charge in [-0.3, -0.25) is 19.8 Å². The second-order valence-corrected chi connectivity index (χ2v) is 9.90. The van der Waals surface area contributed by atoms with E-state index in [4.69, 9.17) is 0 Å². The zero-order valence-electron chi connectivity index (χ0n) is 18.4. The molecule has 2 aliphatic heterocycles. The normalized spacial score (nSPS) is 26.3. The van der Waals surface area contributed by atoms with E-state index in [9.17, 15) is 18.8 Å². The predicted octanol–water partition coefficient (Wildman–Crippen LogP) is 2.28. The van der Waals surface area contributed by atoms with Crippen molar-refractivity contribution in [3.63, 3.8) is 0 Å². The number of benzene rings is 1. The summed E-state index contributed by atoms with van der Waals surface area (Å²) in [6.45, 7) is 5.32. The largest absolute Gasteiger partial charge is 0.351 e. The minimum absolute atomic E-state index is 0.0734. The van der Waals surface area contributed by atoms with E-state index in [0.717, 1.165) is 12.0 Å². The number of nitrogens with one attached hydrogen (secondary N) is 2. The molecule has 2 fully saturated rings. The summed E-state index contributed by atoms with van der Waals surface area (Å²) in [5.41, 5.74) is 0.823. The number of hydrogen-bond donors (Lipinski definition) is 2. The average Bonchev–Trinajstić information content (AvgIpc) is 2.74. The third-order valence-corrected chi connectivity index (χ3v) is 7.45. The summed E-state index contributed by atoms with van der Waals surface area (Å²) in [6, 6.07) is 5.70. The van der Waals surface area contributed by atoms with E-state index < -0.39 is 5.92 Å². The lowest BCUT2D eigenvalue weighted by Gasteiger charge is -2.50. The van der Waals surface area contributed by atoms with Gasteiger partial charge in [0.1, 0.15) is 5.82 Å². The van der Waals surface area contributed by atoms with Crippen LogP contribution in [-0.4, -0.2) is 65.5 Å². The number of imide groups is 1. The number of nitrogens with zero attached hydrogens (tertiary/aromatic N) is 2. The molecule has 9 heteroatoms. The first-order chi connectivity index (χ1) is 14.7. The molecule has 170 valence electrons. The number of thioether (sulfide) groups is 1. The predicted molar refractivity (Wildman–Crippen MR) is 119 cm³/mol. The molecule has 2 heterocycles. The molecule has 0 bridgehead atoms. The lowest BCUT2D eigenvalue weighted by Crippen LogP contribution is -2.70.